The fourth-order valence-electron chi connectivity index (χ4n) is 7.92. The molecule has 266 valence electrons. The molecule has 7 atom stereocenters. The summed E-state index contributed by atoms with van der Waals surface area (Å²) >= 11 is 3.60. The molecule has 5 bridgehead atoms. The third kappa shape index (κ3) is 6.15. The van der Waals surface area contributed by atoms with Crippen LogP contribution in [0.5, 0.6) is 0 Å². The normalized spacial score (nSPS) is 30.8. The maximum absolute atomic E-state index is 15.0. The van der Waals surface area contributed by atoms with Crippen molar-refractivity contribution < 1.29 is 33.8 Å². The predicted octanol–water partition coefficient (Wildman–Crippen LogP) is 4.21. The Kier molecular flexibility index (Phi) is 10.5. The van der Waals surface area contributed by atoms with Gasteiger partial charge in [-0.05, 0) is 63.1 Å². The van der Waals surface area contributed by atoms with Crippen molar-refractivity contribution >= 4 is 51.0 Å². The molecule has 0 unspecified atom stereocenters. The SMILES string of the molecule is CCN(CC)c1ccc(N2C/C=C\CCC(=O)N(C)[C@H](C)[C@@H](c3ccccc3)OC(=O)[C@@H]3[C@H]4O[C@@]5(C=C4Br)[C@H](C2=O)N(CCO)C(=O)[C@@H]35)cc1. The van der Waals surface area contributed by atoms with E-state index in [1.165, 1.54) is 4.90 Å². The number of aliphatic hydroxyl groups is 1. The molecule has 4 aliphatic heterocycles. The molecule has 0 aliphatic carbocycles. The molecule has 2 aromatic carbocycles. The van der Waals surface area contributed by atoms with E-state index in [-0.39, 0.29) is 32.0 Å². The molecule has 0 saturated carbocycles. The Labute approximate surface area is 301 Å². The van der Waals surface area contributed by atoms with E-state index >= 15 is 0 Å². The second-order valence-corrected chi connectivity index (χ2v) is 14.2. The zero-order valence-electron chi connectivity index (χ0n) is 28.9. The molecule has 0 radical (unpaired) electrons. The highest BCUT2D eigenvalue weighted by atomic mass is 79.9. The predicted molar refractivity (Wildman–Crippen MR) is 192 cm³/mol. The summed E-state index contributed by atoms with van der Waals surface area (Å²) in [6.07, 6.45) is 4.45. The van der Waals surface area contributed by atoms with Crippen molar-refractivity contribution in [3.8, 4) is 0 Å². The summed E-state index contributed by atoms with van der Waals surface area (Å²) in [5.41, 5.74) is 0.857. The number of fused-ring (bicyclic) bond motifs is 2. The van der Waals surface area contributed by atoms with Gasteiger partial charge in [0.2, 0.25) is 11.8 Å². The Bertz CT molecular complexity index is 1660. The first kappa shape index (κ1) is 35.8. The lowest BCUT2D eigenvalue weighted by Gasteiger charge is -2.35. The number of hydrogen-bond donors (Lipinski definition) is 1. The van der Waals surface area contributed by atoms with Crippen molar-refractivity contribution in [3.05, 3.63) is 82.9 Å². The number of likely N-dealkylation sites (N-methyl/N-ethyl adjacent to an activating group) is 1. The van der Waals surface area contributed by atoms with E-state index < -0.39 is 59.5 Å². The number of anilines is 2. The van der Waals surface area contributed by atoms with Gasteiger partial charge < -0.3 is 34.2 Å². The zero-order chi connectivity index (χ0) is 35.7. The van der Waals surface area contributed by atoms with Gasteiger partial charge in [0.25, 0.3) is 5.91 Å². The van der Waals surface area contributed by atoms with Crippen LogP contribution in [-0.4, -0.2) is 102 Å². The molecule has 4 aliphatic rings. The van der Waals surface area contributed by atoms with Crippen molar-refractivity contribution in [1.82, 2.24) is 9.80 Å². The largest absolute Gasteiger partial charge is 0.455 e. The number of esters is 1. The maximum atomic E-state index is 15.0. The number of nitrogens with zero attached hydrogens (tertiary/aromatic N) is 4. The summed E-state index contributed by atoms with van der Waals surface area (Å²) in [6.45, 7) is 7.32. The highest BCUT2D eigenvalue weighted by molar-refractivity contribution is 9.11. The fraction of sp³-hybridized carbons (Fsp3) is 0.474. The lowest BCUT2D eigenvalue weighted by atomic mass is 9.74. The first-order valence-electron chi connectivity index (χ1n) is 17.4. The molecule has 2 aromatic rings. The van der Waals surface area contributed by atoms with Gasteiger partial charge in [0, 0.05) is 55.5 Å². The summed E-state index contributed by atoms with van der Waals surface area (Å²) in [5.74, 6) is -3.78. The fourth-order valence-corrected chi connectivity index (χ4v) is 8.65. The molecule has 3 amide bonds. The second-order valence-electron chi connectivity index (χ2n) is 13.2. The molecular weight excluding hydrogens is 704 g/mol. The van der Waals surface area contributed by atoms with Gasteiger partial charge in [-0.15, -0.1) is 0 Å². The summed E-state index contributed by atoms with van der Waals surface area (Å²) in [5, 5.41) is 10.1. The van der Waals surface area contributed by atoms with E-state index in [2.05, 4.69) is 34.7 Å². The van der Waals surface area contributed by atoms with Gasteiger partial charge >= 0.3 is 5.97 Å². The number of cyclic esters (lactones) is 1. The standard InChI is InChI=1S/C38H45BrN4O7/c1-5-41(6-2)26-16-18-27(19-17-26)42-20-12-8-11-15-29(45)40(4)24(3)32(25-13-9-7-10-14-25)49-37(48)30-31-35(46)43(21-22-44)34(36(42)47)38(31)23-28(39)33(30)50-38/h7-10,12-14,16-19,23-24,30-34,44H,5-6,11,15,20-22H2,1-4H3/b12-8-/t24-,30+,31-,32+,33+,34+,38-/m1/s1. The number of ether oxygens (including phenoxy) is 2. The van der Waals surface area contributed by atoms with Crippen molar-refractivity contribution in [3.63, 3.8) is 0 Å². The van der Waals surface area contributed by atoms with Crippen LogP contribution in [0.15, 0.2) is 77.3 Å². The Morgan fingerprint density at radius 2 is 1.66 bits per heavy atom. The summed E-state index contributed by atoms with van der Waals surface area (Å²) < 4.78 is 13.4. The van der Waals surface area contributed by atoms with Gasteiger partial charge in [0.15, 0.2) is 0 Å². The third-order valence-electron chi connectivity index (χ3n) is 10.6. The summed E-state index contributed by atoms with van der Waals surface area (Å²) in [7, 11) is 1.70. The maximum Gasteiger partial charge on any atom is 0.313 e. The number of carbonyl (C=O) groups excluding carboxylic acids is 4. The number of aliphatic hydroxyl groups excluding tert-OH is 1. The number of β-amino-alcohol motifs (C(OH)–C–C–N with tert-alkyl or cyclic N) is 1. The van der Waals surface area contributed by atoms with E-state index in [0.29, 0.717) is 22.2 Å². The van der Waals surface area contributed by atoms with Crippen LogP contribution in [0.2, 0.25) is 0 Å². The minimum atomic E-state index is -1.48. The number of benzene rings is 2. The van der Waals surface area contributed by atoms with Crippen LogP contribution >= 0.6 is 15.9 Å². The van der Waals surface area contributed by atoms with Crippen molar-refractivity contribution in [2.75, 3.05) is 49.6 Å². The second kappa shape index (κ2) is 14.7. The molecule has 2 fully saturated rings. The molecule has 12 heteroatoms. The molecule has 50 heavy (non-hydrogen) atoms. The Balaban J connectivity index is 1.45. The highest BCUT2D eigenvalue weighted by Crippen LogP contribution is 2.59. The molecule has 6 rings (SSSR count). The number of halogens is 1. The van der Waals surface area contributed by atoms with Crippen molar-refractivity contribution in [1.29, 1.82) is 0 Å². The highest BCUT2D eigenvalue weighted by Gasteiger charge is 2.75. The number of carbonyl (C=O) groups is 4. The number of hydrogen-bond acceptors (Lipinski definition) is 8. The van der Waals surface area contributed by atoms with Gasteiger partial charge in [-0.1, -0.05) is 58.4 Å². The van der Waals surface area contributed by atoms with Crippen LogP contribution in [0.1, 0.15) is 45.3 Å². The number of allylic oxidation sites excluding steroid dienone is 1. The lowest BCUT2D eigenvalue weighted by Crippen LogP contribution is -2.56. The Morgan fingerprint density at radius 3 is 2.32 bits per heavy atom. The molecule has 11 nitrogen and oxygen atoms in total. The summed E-state index contributed by atoms with van der Waals surface area (Å²) in [6, 6.07) is 15.2. The van der Waals surface area contributed by atoms with Gasteiger partial charge in [-0.3, -0.25) is 19.2 Å². The van der Waals surface area contributed by atoms with Crippen LogP contribution < -0.4 is 9.80 Å². The molecule has 4 heterocycles. The lowest BCUT2D eigenvalue weighted by molar-refractivity contribution is -0.164. The molecule has 1 spiro atoms. The Hall–Kier alpha value is -4.00. The van der Waals surface area contributed by atoms with Crippen LogP contribution in [0.4, 0.5) is 11.4 Å². The van der Waals surface area contributed by atoms with Crippen LogP contribution in [0, 0.1) is 11.8 Å². The van der Waals surface area contributed by atoms with Crippen LogP contribution in [-0.2, 0) is 28.7 Å². The van der Waals surface area contributed by atoms with E-state index in [1.807, 2.05) is 73.7 Å². The Morgan fingerprint density at radius 1 is 0.960 bits per heavy atom. The number of amides is 3. The monoisotopic (exact) mass is 748 g/mol. The quantitative estimate of drug-likeness (QED) is 0.331. The van der Waals surface area contributed by atoms with Crippen molar-refractivity contribution in [2.45, 2.75) is 63.5 Å². The molecule has 1 N–H and O–H groups in total. The minimum Gasteiger partial charge on any atom is -0.455 e. The van der Waals surface area contributed by atoms with Crippen molar-refractivity contribution in [2.24, 2.45) is 11.8 Å². The van der Waals surface area contributed by atoms with E-state index in [9.17, 15) is 24.3 Å². The minimum absolute atomic E-state index is 0.115. The van der Waals surface area contributed by atoms with Gasteiger partial charge in [-0.2, -0.15) is 0 Å². The van der Waals surface area contributed by atoms with Gasteiger partial charge in [-0.25, -0.2) is 0 Å². The first-order chi connectivity index (χ1) is 24.1. The zero-order valence-corrected chi connectivity index (χ0v) is 30.5. The molecule has 2 saturated heterocycles. The first-order valence-corrected chi connectivity index (χ1v) is 18.2. The number of likely N-dealkylation sites (tertiary alicyclic amines) is 1. The topological polar surface area (TPSA) is 120 Å². The number of rotatable bonds is 7. The van der Waals surface area contributed by atoms with E-state index in [4.69, 9.17) is 9.47 Å². The molecular formula is C38H45BrN4O7. The summed E-state index contributed by atoms with van der Waals surface area (Å²) in [4.78, 5) is 63.9. The van der Waals surface area contributed by atoms with E-state index in [0.717, 1.165) is 18.8 Å². The average Bonchev–Trinajstić information content (AvgIpc) is 3.72. The van der Waals surface area contributed by atoms with Gasteiger partial charge in [0.05, 0.1) is 18.6 Å². The van der Waals surface area contributed by atoms with E-state index in [1.54, 1.807) is 22.9 Å². The molecule has 0 aromatic heterocycles. The third-order valence-corrected chi connectivity index (χ3v) is 11.3. The smallest absolute Gasteiger partial charge is 0.313 e. The average molecular weight is 750 g/mol. The van der Waals surface area contributed by atoms with Gasteiger partial charge in [0.1, 0.15) is 29.8 Å². The van der Waals surface area contributed by atoms with Crippen LogP contribution in [0.3, 0.4) is 0 Å². The van der Waals surface area contributed by atoms with Crippen LogP contribution in [0.25, 0.3) is 0 Å².